The van der Waals surface area contributed by atoms with Gasteiger partial charge in [-0.2, -0.15) is 0 Å². The minimum atomic E-state index is 0.860. The third kappa shape index (κ3) is 4.38. The highest BCUT2D eigenvalue weighted by Gasteiger charge is 2.25. The highest BCUT2D eigenvalue weighted by Crippen LogP contribution is 2.51. The highest BCUT2D eigenvalue weighted by molar-refractivity contribution is 7.26. The Morgan fingerprint density at radius 1 is 0.404 bits per heavy atom. The van der Waals surface area contributed by atoms with Gasteiger partial charge >= 0.3 is 0 Å². The highest BCUT2D eigenvalue weighted by atomic mass is 32.1. The van der Waals surface area contributed by atoms with Gasteiger partial charge < -0.3 is 13.7 Å². The normalized spacial score (nSPS) is 11.8. The van der Waals surface area contributed by atoms with Crippen LogP contribution in [0.5, 0.6) is 0 Å². The Bertz CT molecular complexity index is 3130. The molecule has 0 amide bonds. The molecule has 0 saturated heterocycles. The van der Waals surface area contributed by atoms with Crippen LogP contribution >= 0.6 is 11.3 Å². The van der Waals surface area contributed by atoms with E-state index in [-0.39, 0.29) is 0 Å². The average molecular weight is 684 g/mol. The predicted octanol–water partition coefficient (Wildman–Crippen LogP) is 14.7. The van der Waals surface area contributed by atoms with Crippen LogP contribution in [0.2, 0.25) is 0 Å². The molecule has 0 radical (unpaired) electrons. The van der Waals surface area contributed by atoms with E-state index in [9.17, 15) is 0 Å². The van der Waals surface area contributed by atoms with Crippen molar-refractivity contribution in [1.82, 2.24) is 0 Å². The van der Waals surface area contributed by atoms with Gasteiger partial charge in [0.1, 0.15) is 22.3 Å². The van der Waals surface area contributed by atoms with E-state index in [1.807, 2.05) is 23.5 Å². The molecule has 0 bridgehead atoms. The second-order valence-electron chi connectivity index (χ2n) is 13.2. The van der Waals surface area contributed by atoms with Crippen LogP contribution in [0.1, 0.15) is 0 Å². The standard InChI is InChI=1S/C48H29NO2S/c1-3-13-30(14-4-1)33-19-11-20-35-38-29-32(25-28-42(38)51-47(33)35)49(39-21-12-23-43-45(39)36-17-7-9-22-41(36)50-43)40-27-26-34(31-15-5-2-6-16-31)48-46(40)37-18-8-10-24-44(37)52-48/h1-29H. The summed E-state index contributed by atoms with van der Waals surface area (Å²) in [5, 5.41) is 6.82. The van der Waals surface area contributed by atoms with Crippen molar-refractivity contribution < 1.29 is 8.83 Å². The molecule has 4 heteroatoms. The molecule has 3 nitrogen and oxygen atoms in total. The number of furan rings is 2. The van der Waals surface area contributed by atoms with Gasteiger partial charge in [0.05, 0.1) is 16.8 Å². The van der Waals surface area contributed by atoms with Crippen molar-refractivity contribution in [3.05, 3.63) is 176 Å². The zero-order valence-electron chi connectivity index (χ0n) is 27.9. The Morgan fingerprint density at radius 3 is 1.90 bits per heavy atom. The van der Waals surface area contributed by atoms with Crippen molar-refractivity contribution in [2.24, 2.45) is 0 Å². The summed E-state index contributed by atoms with van der Waals surface area (Å²) in [5.41, 5.74) is 11.4. The number of thiophene rings is 1. The Labute approximate surface area is 303 Å². The van der Waals surface area contributed by atoms with Crippen LogP contribution < -0.4 is 4.90 Å². The quantitative estimate of drug-likeness (QED) is 0.181. The monoisotopic (exact) mass is 683 g/mol. The zero-order chi connectivity index (χ0) is 34.2. The van der Waals surface area contributed by atoms with Crippen molar-refractivity contribution in [2.75, 3.05) is 4.90 Å². The van der Waals surface area contributed by atoms with E-state index in [4.69, 9.17) is 8.83 Å². The summed E-state index contributed by atoms with van der Waals surface area (Å²) >= 11 is 1.86. The number of para-hydroxylation sites is 2. The molecule has 0 fully saturated rings. The minimum Gasteiger partial charge on any atom is -0.456 e. The Balaban J connectivity index is 1.24. The molecular weight excluding hydrogens is 655 g/mol. The van der Waals surface area contributed by atoms with E-state index in [0.29, 0.717) is 0 Å². The summed E-state index contributed by atoms with van der Waals surface area (Å²) in [4.78, 5) is 2.43. The maximum Gasteiger partial charge on any atom is 0.143 e. The van der Waals surface area contributed by atoms with Gasteiger partial charge in [0.2, 0.25) is 0 Å². The predicted molar refractivity (Wildman–Crippen MR) is 219 cm³/mol. The number of rotatable bonds is 5. The molecule has 3 heterocycles. The van der Waals surface area contributed by atoms with E-state index in [1.165, 1.54) is 31.3 Å². The molecule has 0 saturated carbocycles. The fraction of sp³-hybridized carbons (Fsp3) is 0. The number of hydrogen-bond donors (Lipinski definition) is 0. The fourth-order valence-corrected chi connectivity index (χ4v) is 9.22. The van der Waals surface area contributed by atoms with Gasteiger partial charge in [0, 0.05) is 47.6 Å². The van der Waals surface area contributed by atoms with Crippen molar-refractivity contribution in [3.63, 3.8) is 0 Å². The number of benzene rings is 8. The van der Waals surface area contributed by atoms with Crippen molar-refractivity contribution in [3.8, 4) is 22.3 Å². The molecule has 0 unspecified atom stereocenters. The topological polar surface area (TPSA) is 29.5 Å². The molecule has 52 heavy (non-hydrogen) atoms. The summed E-state index contributed by atoms with van der Waals surface area (Å²) in [7, 11) is 0. The molecule has 0 atom stereocenters. The van der Waals surface area contributed by atoms with Crippen molar-refractivity contribution in [1.29, 1.82) is 0 Å². The van der Waals surface area contributed by atoms with E-state index in [0.717, 1.165) is 72.1 Å². The molecule has 11 rings (SSSR count). The lowest BCUT2D eigenvalue weighted by atomic mass is 9.99. The van der Waals surface area contributed by atoms with Gasteiger partial charge in [0.15, 0.2) is 0 Å². The summed E-state index contributed by atoms with van der Waals surface area (Å²) in [6, 6.07) is 62.4. The Hall–Kier alpha value is -6.62. The fourth-order valence-electron chi connectivity index (χ4n) is 7.96. The van der Waals surface area contributed by atoms with Gasteiger partial charge in [0.25, 0.3) is 0 Å². The van der Waals surface area contributed by atoms with Gasteiger partial charge in [-0.15, -0.1) is 11.3 Å². The number of anilines is 3. The maximum absolute atomic E-state index is 6.65. The molecule has 0 aliphatic carbocycles. The third-order valence-electron chi connectivity index (χ3n) is 10.3. The Morgan fingerprint density at radius 2 is 1.06 bits per heavy atom. The lowest BCUT2D eigenvalue weighted by molar-refractivity contribution is 0.669. The SMILES string of the molecule is c1ccc(-c2cccc3c2oc2ccc(N(c4cccc5oc6ccccc6c45)c4ccc(-c5ccccc5)c5sc6ccccc6c45)cc23)cc1. The maximum atomic E-state index is 6.65. The van der Waals surface area contributed by atoms with Crippen LogP contribution in [0.25, 0.3) is 86.3 Å². The molecule has 3 aromatic heterocycles. The first-order valence-corrected chi connectivity index (χ1v) is 18.3. The van der Waals surface area contributed by atoms with Gasteiger partial charge in [-0.25, -0.2) is 0 Å². The molecule has 0 aliphatic heterocycles. The van der Waals surface area contributed by atoms with E-state index >= 15 is 0 Å². The smallest absolute Gasteiger partial charge is 0.143 e. The summed E-state index contributed by atoms with van der Waals surface area (Å²) in [6.07, 6.45) is 0. The molecule has 0 aliphatic rings. The molecule has 0 spiro atoms. The van der Waals surface area contributed by atoms with Gasteiger partial charge in [-0.1, -0.05) is 127 Å². The molecular formula is C48H29NO2S. The van der Waals surface area contributed by atoms with Crippen LogP contribution in [0.4, 0.5) is 17.1 Å². The van der Waals surface area contributed by atoms with Crippen LogP contribution in [-0.2, 0) is 0 Å². The largest absolute Gasteiger partial charge is 0.456 e. The second-order valence-corrected chi connectivity index (χ2v) is 14.3. The lowest BCUT2D eigenvalue weighted by Gasteiger charge is -2.27. The average Bonchev–Trinajstić information content (AvgIpc) is 3.90. The van der Waals surface area contributed by atoms with E-state index in [1.54, 1.807) is 0 Å². The molecule has 8 aromatic carbocycles. The Kier molecular flexibility index (Phi) is 6.42. The third-order valence-corrected chi connectivity index (χ3v) is 11.5. The van der Waals surface area contributed by atoms with Crippen molar-refractivity contribution >= 4 is 92.4 Å². The van der Waals surface area contributed by atoms with Gasteiger partial charge in [-0.3, -0.25) is 0 Å². The van der Waals surface area contributed by atoms with Gasteiger partial charge in [-0.05, 0) is 65.2 Å². The summed E-state index contributed by atoms with van der Waals surface area (Å²) in [5.74, 6) is 0. The van der Waals surface area contributed by atoms with Crippen LogP contribution in [0.15, 0.2) is 185 Å². The summed E-state index contributed by atoms with van der Waals surface area (Å²) < 4.78 is 15.6. The first kappa shape index (κ1) is 29.1. The lowest BCUT2D eigenvalue weighted by Crippen LogP contribution is -2.11. The van der Waals surface area contributed by atoms with Crippen LogP contribution in [0, 0.1) is 0 Å². The summed E-state index contributed by atoms with van der Waals surface area (Å²) in [6.45, 7) is 0. The molecule has 11 aromatic rings. The first-order chi connectivity index (χ1) is 25.8. The van der Waals surface area contributed by atoms with Crippen molar-refractivity contribution in [2.45, 2.75) is 0 Å². The van der Waals surface area contributed by atoms with E-state index in [2.05, 4.69) is 169 Å². The van der Waals surface area contributed by atoms with E-state index < -0.39 is 0 Å². The first-order valence-electron chi connectivity index (χ1n) is 17.5. The molecule has 0 N–H and O–H groups in total. The number of nitrogens with zero attached hydrogens (tertiary/aromatic N) is 1. The second kappa shape index (κ2) is 11.5. The van der Waals surface area contributed by atoms with Crippen LogP contribution in [0.3, 0.4) is 0 Å². The number of hydrogen-bond acceptors (Lipinski definition) is 4. The molecule has 244 valence electrons. The minimum absolute atomic E-state index is 0.860. The van der Waals surface area contributed by atoms with Crippen LogP contribution in [-0.4, -0.2) is 0 Å². The number of fused-ring (bicyclic) bond motifs is 9. The zero-order valence-corrected chi connectivity index (χ0v) is 28.7.